The average molecular weight is 359 g/mol. The molecule has 1 aromatic carbocycles. The third-order valence-corrected chi connectivity index (χ3v) is 6.28. The number of benzene rings is 1. The molecule has 4 nitrogen and oxygen atoms in total. The maximum absolute atomic E-state index is 12.6. The number of morpholine rings is 1. The second kappa shape index (κ2) is 5.99. The Bertz CT molecular complexity index is 611. The van der Waals surface area contributed by atoms with Crippen LogP contribution in [0, 0.1) is 0 Å². The predicted octanol–water partition coefficient (Wildman–Crippen LogP) is 3.44. The summed E-state index contributed by atoms with van der Waals surface area (Å²) in [5.74, 6) is 0. The highest BCUT2D eigenvalue weighted by atomic mass is 35.5. The van der Waals surface area contributed by atoms with Gasteiger partial charge in [-0.2, -0.15) is 4.31 Å². The number of halogens is 3. The van der Waals surface area contributed by atoms with E-state index in [4.69, 9.17) is 39.5 Å². The van der Waals surface area contributed by atoms with Crippen LogP contribution in [0.5, 0.6) is 0 Å². The van der Waals surface area contributed by atoms with Gasteiger partial charge in [-0.15, -0.1) is 0 Å². The number of ether oxygens (including phenoxy) is 1. The molecular weight excluding hydrogens is 345 g/mol. The smallest absolute Gasteiger partial charge is 0.244 e. The van der Waals surface area contributed by atoms with E-state index in [0.717, 1.165) is 0 Å². The standard InChI is InChI=1S/C12H14Cl3NO3S/c1-7-5-16(6-8(2)19-7)20(17,18)10-4-3-9(13)11(14)12(10)15/h3-4,7-8H,5-6H2,1-2H3. The van der Waals surface area contributed by atoms with Crippen molar-refractivity contribution in [3.8, 4) is 0 Å². The fraction of sp³-hybridized carbons (Fsp3) is 0.500. The summed E-state index contributed by atoms with van der Waals surface area (Å²) in [5.41, 5.74) is 0. The van der Waals surface area contributed by atoms with Crippen LogP contribution in [0.2, 0.25) is 15.1 Å². The van der Waals surface area contributed by atoms with E-state index >= 15 is 0 Å². The van der Waals surface area contributed by atoms with Gasteiger partial charge in [-0.05, 0) is 26.0 Å². The minimum Gasteiger partial charge on any atom is -0.373 e. The summed E-state index contributed by atoms with van der Waals surface area (Å²) in [6.45, 7) is 4.22. The van der Waals surface area contributed by atoms with E-state index in [2.05, 4.69) is 0 Å². The monoisotopic (exact) mass is 357 g/mol. The van der Waals surface area contributed by atoms with Gasteiger partial charge in [0.05, 0.1) is 27.3 Å². The van der Waals surface area contributed by atoms with Gasteiger partial charge in [-0.3, -0.25) is 0 Å². The van der Waals surface area contributed by atoms with Gasteiger partial charge in [0.1, 0.15) is 4.90 Å². The second-order valence-electron chi connectivity index (χ2n) is 4.75. The summed E-state index contributed by atoms with van der Waals surface area (Å²) in [6.07, 6.45) is -0.342. The van der Waals surface area contributed by atoms with Gasteiger partial charge in [0.25, 0.3) is 0 Å². The van der Waals surface area contributed by atoms with Crippen molar-refractivity contribution in [3.63, 3.8) is 0 Å². The molecule has 1 saturated heterocycles. The van der Waals surface area contributed by atoms with E-state index < -0.39 is 10.0 Å². The third-order valence-electron chi connectivity index (χ3n) is 3.00. The lowest BCUT2D eigenvalue weighted by Crippen LogP contribution is -2.48. The summed E-state index contributed by atoms with van der Waals surface area (Å²) in [4.78, 5) is -0.0325. The zero-order valence-corrected chi connectivity index (χ0v) is 14.0. The van der Waals surface area contributed by atoms with Crippen molar-refractivity contribution in [2.75, 3.05) is 13.1 Å². The van der Waals surface area contributed by atoms with Crippen molar-refractivity contribution in [2.45, 2.75) is 31.0 Å². The van der Waals surface area contributed by atoms with Gasteiger partial charge < -0.3 is 4.74 Å². The fourth-order valence-corrected chi connectivity index (χ4v) is 4.72. The van der Waals surface area contributed by atoms with Crippen LogP contribution in [0.1, 0.15) is 13.8 Å². The van der Waals surface area contributed by atoms with Gasteiger partial charge in [-0.1, -0.05) is 34.8 Å². The van der Waals surface area contributed by atoms with Crippen LogP contribution in [-0.2, 0) is 14.8 Å². The van der Waals surface area contributed by atoms with Gasteiger partial charge in [0.15, 0.2) is 0 Å². The second-order valence-corrected chi connectivity index (χ2v) is 7.82. The fourth-order valence-electron chi connectivity index (χ4n) is 2.17. The van der Waals surface area contributed by atoms with E-state index in [-0.39, 0.29) is 45.3 Å². The average Bonchev–Trinajstić information content (AvgIpc) is 2.34. The molecular formula is C12H14Cl3NO3S. The zero-order valence-electron chi connectivity index (χ0n) is 10.9. The summed E-state index contributed by atoms with van der Waals surface area (Å²) in [6, 6.07) is 2.80. The number of sulfonamides is 1. The van der Waals surface area contributed by atoms with E-state index in [0.29, 0.717) is 0 Å². The van der Waals surface area contributed by atoms with Crippen LogP contribution < -0.4 is 0 Å². The Kier molecular flexibility index (Phi) is 4.89. The van der Waals surface area contributed by atoms with Crippen molar-refractivity contribution in [2.24, 2.45) is 0 Å². The molecule has 8 heteroatoms. The quantitative estimate of drug-likeness (QED) is 0.761. The third kappa shape index (κ3) is 3.08. The van der Waals surface area contributed by atoms with Crippen molar-refractivity contribution in [1.29, 1.82) is 0 Å². The van der Waals surface area contributed by atoms with Crippen molar-refractivity contribution < 1.29 is 13.2 Å². The molecule has 0 aliphatic carbocycles. The lowest BCUT2D eigenvalue weighted by molar-refractivity contribution is -0.0440. The molecule has 2 unspecified atom stereocenters. The summed E-state index contributed by atoms with van der Waals surface area (Å²) in [5, 5.41) is 0.217. The van der Waals surface area contributed by atoms with Crippen LogP contribution in [0.15, 0.2) is 17.0 Å². The van der Waals surface area contributed by atoms with Crippen LogP contribution >= 0.6 is 34.8 Å². The molecule has 0 bridgehead atoms. The first kappa shape index (κ1) is 16.3. The molecule has 1 aromatic rings. The lowest BCUT2D eigenvalue weighted by atomic mass is 10.3. The molecule has 0 N–H and O–H groups in total. The molecule has 0 radical (unpaired) electrons. The highest BCUT2D eigenvalue weighted by Gasteiger charge is 2.34. The van der Waals surface area contributed by atoms with E-state index in [9.17, 15) is 8.42 Å². The number of nitrogens with zero attached hydrogens (tertiary/aromatic N) is 1. The molecule has 0 aromatic heterocycles. The van der Waals surface area contributed by atoms with E-state index in [1.165, 1.54) is 16.4 Å². The van der Waals surface area contributed by atoms with Crippen molar-refractivity contribution in [1.82, 2.24) is 4.31 Å². The number of rotatable bonds is 2. The highest BCUT2D eigenvalue weighted by molar-refractivity contribution is 7.89. The Balaban J connectivity index is 2.43. The Hall–Kier alpha value is -0.0400. The molecule has 1 heterocycles. The Morgan fingerprint density at radius 1 is 1.10 bits per heavy atom. The van der Waals surface area contributed by atoms with Crippen molar-refractivity contribution in [3.05, 3.63) is 27.2 Å². The van der Waals surface area contributed by atoms with Gasteiger partial charge in [0, 0.05) is 13.1 Å². The Labute approximate surface area is 133 Å². The SMILES string of the molecule is CC1CN(S(=O)(=O)c2ccc(Cl)c(Cl)c2Cl)CC(C)O1. The largest absolute Gasteiger partial charge is 0.373 e. The molecule has 1 aliphatic rings. The highest BCUT2D eigenvalue weighted by Crippen LogP contribution is 2.36. The normalized spacial score (nSPS) is 24.9. The summed E-state index contributed by atoms with van der Waals surface area (Å²) >= 11 is 17.8. The summed E-state index contributed by atoms with van der Waals surface area (Å²) < 4.78 is 32.2. The predicted molar refractivity (Wildman–Crippen MR) is 80.2 cm³/mol. The molecule has 0 saturated carbocycles. The maximum Gasteiger partial charge on any atom is 0.244 e. The molecule has 2 atom stereocenters. The first-order valence-corrected chi connectivity index (χ1v) is 8.60. The van der Waals surface area contributed by atoms with Crippen LogP contribution in [0.4, 0.5) is 0 Å². The number of hydrogen-bond acceptors (Lipinski definition) is 3. The maximum atomic E-state index is 12.6. The molecule has 0 amide bonds. The van der Waals surface area contributed by atoms with Gasteiger partial charge in [-0.25, -0.2) is 8.42 Å². The zero-order chi connectivity index (χ0) is 15.1. The lowest BCUT2D eigenvalue weighted by Gasteiger charge is -2.34. The van der Waals surface area contributed by atoms with E-state index in [1.54, 1.807) is 0 Å². The minimum atomic E-state index is -3.72. The number of hydrogen-bond donors (Lipinski definition) is 0. The molecule has 1 fully saturated rings. The molecule has 2 rings (SSSR count). The Morgan fingerprint density at radius 3 is 2.20 bits per heavy atom. The first-order chi connectivity index (χ1) is 9.23. The van der Waals surface area contributed by atoms with Crippen LogP contribution in [0.3, 0.4) is 0 Å². The summed E-state index contributed by atoms with van der Waals surface area (Å²) in [7, 11) is -3.72. The minimum absolute atomic E-state index is 0.0325. The molecule has 112 valence electrons. The van der Waals surface area contributed by atoms with E-state index in [1.807, 2.05) is 13.8 Å². The molecule has 0 spiro atoms. The van der Waals surface area contributed by atoms with Gasteiger partial charge in [0.2, 0.25) is 10.0 Å². The molecule has 20 heavy (non-hydrogen) atoms. The van der Waals surface area contributed by atoms with Crippen LogP contribution in [-0.4, -0.2) is 38.0 Å². The first-order valence-electron chi connectivity index (χ1n) is 6.02. The Morgan fingerprint density at radius 2 is 1.65 bits per heavy atom. The molecule has 1 aliphatic heterocycles. The van der Waals surface area contributed by atoms with Gasteiger partial charge >= 0.3 is 0 Å². The topological polar surface area (TPSA) is 46.6 Å². The van der Waals surface area contributed by atoms with Crippen LogP contribution in [0.25, 0.3) is 0 Å². The van der Waals surface area contributed by atoms with Crippen molar-refractivity contribution >= 4 is 44.8 Å².